The van der Waals surface area contributed by atoms with Gasteiger partial charge < -0.3 is 15.0 Å². The number of amides is 1. The third-order valence-electron chi connectivity index (χ3n) is 2.63. The third kappa shape index (κ3) is 4.21. The zero-order valence-electron chi connectivity index (χ0n) is 10.7. The molecular formula is C13H11Cl2N3O3. The first-order valence-electron chi connectivity index (χ1n) is 5.95. The summed E-state index contributed by atoms with van der Waals surface area (Å²) in [7, 11) is 0. The van der Waals surface area contributed by atoms with Crippen molar-refractivity contribution in [2.45, 2.75) is 6.54 Å². The highest BCUT2D eigenvalue weighted by Crippen LogP contribution is 2.18. The molecule has 8 heteroatoms. The lowest BCUT2D eigenvalue weighted by Crippen LogP contribution is -2.27. The van der Waals surface area contributed by atoms with Gasteiger partial charge in [-0.25, -0.2) is 9.78 Å². The Labute approximate surface area is 130 Å². The van der Waals surface area contributed by atoms with Crippen LogP contribution in [-0.4, -0.2) is 33.1 Å². The van der Waals surface area contributed by atoms with Crippen LogP contribution in [0.1, 0.15) is 20.8 Å². The zero-order valence-corrected chi connectivity index (χ0v) is 12.2. The predicted molar refractivity (Wildman–Crippen MR) is 78.0 cm³/mol. The summed E-state index contributed by atoms with van der Waals surface area (Å²) in [6.07, 6.45) is 2.79. The van der Waals surface area contributed by atoms with E-state index in [4.69, 9.17) is 28.3 Å². The molecule has 110 valence electrons. The van der Waals surface area contributed by atoms with E-state index in [1.165, 1.54) is 24.7 Å². The molecule has 2 rings (SSSR count). The van der Waals surface area contributed by atoms with Crippen LogP contribution in [0.25, 0.3) is 0 Å². The predicted octanol–water partition coefficient (Wildman–Crippen LogP) is 2.32. The fraction of sp³-hybridized carbons (Fsp3) is 0.154. The fourth-order valence-electron chi connectivity index (χ4n) is 1.68. The van der Waals surface area contributed by atoms with Crippen LogP contribution in [0.5, 0.6) is 0 Å². The molecule has 2 N–H and O–H groups in total. The number of halogens is 2. The molecule has 0 bridgehead atoms. The Morgan fingerprint density at radius 2 is 1.90 bits per heavy atom. The summed E-state index contributed by atoms with van der Waals surface area (Å²) in [6, 6.07) is 4.57. The Hall–Kier alpha value is -2.05. The minimum absolute atomic E-state index is 0.0389. The number of aromatic nitrogens is 2. The van der Waals surface area contributed by atoms with Crippen molar-refractivity contribution in [3.63, 3.8) is 0 Å². The molecule has 6 nitrogen and oxygen atoms in total. The van der Waals surface area contributed by atoms with Gasteiger partial charge in [-0.05, 0) is 18.2 Å². The molecule has 0 aliphatic rings. The molecule has 0 saturated heterocycles. The Morgan fingerprint density at radius 1 is 1.24 bits per heavy atom. The standard InChI is InChI=1S/C13H11Cl2N3O3/c14-9-3-8(4-10(15)5-9)12(19)16-1-2-18-6-11(13(20)21)17-7-18/h3-7H,1-2H2,(H,16,19)(H,20,21). The van der Waals surface area contributed by atoms with Crippen molar-refractivity contribution < 1.29 is 14.7 Å². The zero-order chi connectivity index (χ0) is 15.4. The summed E-state index contributed by atoms with van der Waals surface area (Å²) < 4.78 is 1.58. The number of aromatic carboxylic acids is 1. The first kappa shape index (κ1) is 15.3. The van der Waals surface area contributed by atoms with Crippen molar-refractivity contribution in [3.05, 3.63) is 52.0 Å². The van der Waals surface area contributed by atoms with Gasteiger partial charge in [-0.15, -0.1) is 0 Å². The molecule has 0 aliphatic heterocycles. The van der Waals surface area contributed by atoms with E-state index in [1.807, 2.05) is 0 Å². The molecule has 0 atom stereocenters. The van der Waals surface area contributed by atoms with Gasteiger partial charge in [0, 0.05) is 34.9 Å². The minimum Gasteiger partial charge on any atom is -0.476 e. The van der Waals surface area contributed by atoms with Crippen LogP contribution >= 0.6 is 23.2 Å². The topological polar surface area (TPSA) is 84.2 Å². The summed E-state index contributed by atoms with van der Waals surface area (Å²) >= 11 is 11.6. The number of hydrogen-bond acceptors (Lipinski definition) is 3. The lowest BCUT2D eigenvalue weighted by molar-refractivity contribution is 0.0690. The van der Waals surface area contributed by atoms with Crippen LogP contribution in [0.3, 0.4) is 0 Å². The van der Waals surface area contributed by atoms with E-state index in [2.05, 4.69) is 10.3 Å². The van der Waals surface area contributed by atoms with E-state index in [0.29, 0.717) is 28.7 Å². The maximum absolute atomic E-state index is 11.9. The number of imidazole rings is 1. The van der Waals surface area contributed by atoms with Crippen LogP contribution in [0, 0.1) is 0 Å². The van der Waals surface area contributed by atoms with Gasteiger partial charge in [-0.1, -0.05) is 23.2 Å². The Bertz CT molecular complexity index is 665. The largest absolute Gasteiger partial charge is 0.476 e. The quantitative estimate of drug-likeness (QED) is 0.882. The van der Waals surface area contributed by atoms with Gasteiger partial charge in [0.2, 0.25) is 0 Å². The van der Waals surface area contributed by atoms with E-state index in [1.54, 1.807) is 10.6 Å². The van der Waals surface area contributed by atoms with Crippen molar-refractivity contribution in [2.24, 2.45) is 0 Å². The van der Waals surface area contributed by atoms with Gasteiger partial charge >= 0.3 is 5.97 Å². The van der Waals surface area contributed by atoms with E-state index in [9.17, 15) is 9.59 Å². The van der Waals surface area contributed by atoms with Gasteiger partial charge in [0.05, 0.1) is 6.33 Å². The normalized spacial score (nSPS) is 10.4. The minimum atomic E-state index is -1.09. The summed E-state index contributed by atoms with van der Waals surface area (Å²) in [5, 5.41) is 12.2. The van der Waals surface area contributed by atoms with Gasteiger partial charge in [-0.3, -0.25) is 4.79 Å². The molecule has 21 heavy (non-hydrogen) atoms. The highest BCUT2D eigenvalue weighted by Gasteiger charge is 2.09. The van der Waals surface area contributed by atoms with Gasteiger partial charge in [0.1, 0.15) is 0 Å². The van der Waals surface area contributed by atoms with Crippen molar-refractivity contribution in [1.82, 2.24) is 14.9 Å². The highest BCUT2D eigenvalue weighted by atomic mass is 35.5. The third-order valence-corrected chi connectivity index (χ3v) is 3.07. The fourth-order valence-corrected chi connectivity index (χ4v) is 2.20. The van der Waals surface area contributed by atoms with E-state index in [0.717, 1.165) is 0 Å². The molecule has 0 saturated carbocycles. The highest BCUT2D eigenvalue weighted by molar-refractivity contribution is 6.35. The second-order valence-corrected chi connectivity index (χ2v) is 5.09. The van der Waals surface area contributed by atoms with Crippen molar-refractivity contribution in [2.75, 3.05) is 6.54 Å². The Morgan fingerprint density at radius 3 is 2.48 bits per heavy atom. The number of carboxylic acid groups (broad SMARTS) is 1. The maximum atomic E-state index is 11.9. The van der Waals surface area contributed by atoms with Crippen LogP contribution in [0.15, 0.2) is 30.7 Å². The molecule has 0 spiro atoms. The lowest BCUT2D eigenvalue weighted by Gasteiger charge is -2.06. The number of nitrogens with one attached hydrogen (secondary N) is 1. The van der Waals surface area contributed by atoms with Crippen molar-refractivity contribution in [1.29, 1.82) is 0 Å². The molecule has 0 unspecified atom stereocenters. The SMILES string of the molecule is O=C(NCCn1cnc(C(=O)O)c1)c1cc(Cl)cc(Cl)c1. The second kappa shape index (κ2) is 6.60. The number of carbonyl (C=O) groups is 2. The number of hydrogen-bond donors (Lipinski definition) is 2. The molecule has 1 aromatic carbocycles. The molecule has 1 heterocycles. The van der Waals surface area contributed by atoms with Crippen molar-refractivity contribution in [3.8, 4) is 0 Å². The lowest BCUT2D eigenvalue weighted by atomic mass is 10.2. The number of carboxylic acids is 1. The molecule has 1 amide bonds. The summed E-state index contributed by atoms with van der Waals surface area (Å²) in [5.74, 6) is -1.40. The van der Waals surface area contributed by atoms with Gasteiger partial charge in [0.15, 0.2) is 5.69 Å². The first-order chi connectivity index (χ1) is 9.95. The van der Waals surface area contributed by atoms with Gasteiger partial charge in [0.25, 0.3) is 5.91 Å². The molecule has 0 aliphatic carbocycles. The molecule has 2 aromatic rings. The van der Waals surface area contributed by atoms with Crippen LogP contribution in [-0.2, 0) is 6.54 Å². The Balaban J connectivity index is 1.90. The number of carbonyl (C=O) groups excluding carboxylic acids is 1. The number of rotatable bonds is 5. The monoisotopic (exact) mass is 327 g/mol. The molecular weight excluding hydrogens is 317 g/mol. The maximum Gasteiger partial charge on any atom is 0.356 e. The van der Waals surface area contributed by atoms with E-state index >= 15 is 0 Å². The smallest absolute Gasteiger partial charge is 0.356 e. The van der Waals surface area contributed by atoms with Gasteiger partial charge in [-0.2, -0.15) is 0 Å². The Kier molecular flexibility index (Phi) is 4.82. The van der Waals surface area contributed by atoms with E-state index < -0.39 is 5.97 Å². The number of benzene rings is 1. The average molecular weight is 328 g/mol. The van der Waals surface area contributed by atoms with Crippen LogP contribution < -0.4 is 5.32 Å². The van der Waals surface area contributed by atoms with Crippen LogP contribution in [0.4, 0.5) is 0 Å². The molecule has 0 fully saturated rings. The van der Waals surface area contributed by atoms with Crippen molar-refractivity contribution >= 4 is 35.1 Å². The molecule has 0 radical (unpaired) electrons. The number of nitrogens with zero attached hydrogens (tertiary/aromatic N) is 2. The second-order valence-electron chi connectivity index (χ2n) is 4.22. The average Bonchev–Trinajstić information content (AvgIpc) is 2.86. The first-order valence-corrected chi connectivity index (χ1v) is 6.70. The summed E-state index contributed by atoms with van der Waals surface area (Å²) in [5.41, 5.74) is 0.326. The summed E-state index contributed by atoms with van der Waals surface area (Å²) in [4.78, 5) is 26.3. The van der Waals surface area contributed by atoms with E-state index in [-0.39, 0.29) is 11.6 Å². The summed E-state index contributed by atoms with van der Waals surface area (Å²) in [6.45, 7) is 0.721. The molecule has 1 aromatic heterocycles. The van der Waals surface area contributed by atoms with Crippen LogP contribution in [0.2, 0.25) is 10.0 Å².